The van der Waals surface area contributed by atoms with Gasteiger partial charge in [-0.05, 0) is 23.0 Å². The highest BCUT2D eigenvalue weighted by molar-refractivity contribution is 8.01. The Hall–Kier alpha value is -1.53. The lowest BCUT2D eigenvalue weighted by Crippen LogP contribution is -3.15. The number of benzene rings is 1. The molecule has 2 aliphatic rings. The van der Waals surface area contributed by atoms with Crippen molar-refractivity contribution in [3.63, 3.8) is 0 Å². The fourth-order valence-electron chi connectivity index (χ4n) is 4.32. The van der Waals surface area contributed by atoms with Crippen LogP contribution in [0.5, 0.6) is 0 Å². The first kappa shape index (κ1) is 23.1. The summed E-state index contributed by atoms with van der Waals surface area (Å²) in [6.45, 7) is 16.1. The lowest BCUT2D eigenvalue weighted by molar-refractivity contribution is -0.903. The first-order chi connectivity index (χ1) is 14.2. The van der Waals surface area contributed by atoms with E-state index in [-0.39, 0.29) is 27.9 Å². The summed E-state index contributed by atoms with van der Waals surface area (Å²) < 4.78 is 0. The summed E-state index contributed by atoms with van der Waals surface area (Å²) in [6.07, 6.45) is 1.46. The van der Waals surface area contributed by atoms with Crippen LogP contribution in [-0.4, -0.2) is 66.1 Å². The van der Waals surface area contributed by atoms with Crippen molar-refractivity contribution in [2.24, 2.45) is 0 Å². The third-order valence-corrected chi connectivity index (χ3v) is 8.05. The van der Waals surface area contributed by atoms with Gasteiger partial charge in [0, 0.05) is 6.42 Å². The number of rotatable bonds is 6. The van der Waals surface area contributed by atoms with E-state index in [1.165, 1.54) is 16.0 Å². The molecule has 0 spiro atoms. The van der Waals surface area contributed by atoms with Crippen LogP contribution < -0.4 is 4.90 Å². The monoisotopic (exact) mass is 432 g/mol. The number of nitrogens with one attached hydrogen (secondary N) is 1. The van der Waals surface area contributed by atoms with Crippen LogP contribution in [0.1, 0.15) is 64.0 Å². The van der Waals surface area contributed by atoms with Crippen molar-refractivity contribution < 1.29 is 14.5 Å². The van der Waals surface area contributed by atoms with E-state index in [1.54, 1.807) is 11.8 Å². The Labute approximate surface area is 186 Å². The van der Waals surface area contributed by atoms with Crippen LogP contribution in [0.3, 0.4) is 0 Å². The minimum Gasteiger partial charge on any atom is -0.331 e. The Morgan fingerprint density at radius 2 is 1.77 bits per heavy atom. The predicted octanol–water partition coefficient (Wildman–Crippen LogP) is 2.47. The number of hydrogen-bond donors (Lipinski definition) is 1. The van der Waals surface area contributed by atoms with Crippen LogP contribution in [-0.2, 0) is 15.0 Å². The van der Waals surface area contributed by atoms with Gasteiger partial charge >= 0.3 is 0 Å². The minimum absolute atomic E-state index is 0.0614. The van der Waals surface area contributed by atoms with Crippen LogP contribution in [0.4, 0.5) is 0 Å². The van der Waals surface area contributed by atoms with Crippen LogP contribution in [0.2, 0.25) is 0 Å². The van der Waals surface area contributed by atoms with Crippen LogP contribution in [0, 0.1) is 0 Å². The van der Waals surface area contributed by atoms with Gasteiger partial charge in [0.25, 0.3) is 0 Å². The molecule has 2 heterocycles. The molecule has 2 atom stereocenters. The fourth-order valence-corrected chi connectivity index (χ4v) is 5.74. The summed E-state index contributed by atoms with van der Waals surface area (Å²) in [5, 5.41) is 0.171. The molecular formula is C24H38N3O2S+. The van der Waals surface area contributed by atoms with Crippen molar-refractivity contribution >= 4 is 23.6 Å². The average Bonchev–Trinajstić information content (AvgIpc) is 3.07. The van der Waals surface area contributed by atoms with Gasteiger partial charge in [0.2, 0.25) is 11.8 Å². The molecule has 1 aromatic carbocycles. The van der Waals surface area contributed by atoms with Crippen molar-refractivity contribution in [2.45, 2.75) is 63.5 Å². The molecule has 1 aromatic rings. The first-order valence-electron chi connectivity index (χ1n) is 11.4. The van der Waals surface area contributed by atoms with Gasteiger partial charge in [-0.15, -0.1) is 11.8 Å². The maximum atomic E-state index is 13.0. The van der Waals surface area contributed by atoms with E-state index in [1.807, 2.05) is 11.8 Å². The van der Waals surface area contributed by atoms with Gasteiger partial charge in [0.15, 0.2) is 0 Å². The van der Waals surface area contributed by atoms with Gasteiger partial charge in [0.1, 0.15) is 5.37 Å². The smallest absolute Gasteiger partial charge is 0.237 e. The van der Waals surface area contributed by atoms with E-state index in [2.05, 4.69) is 56.9 Å². The highest BCUT2D eigenvalue weighted by Gasteiger charge is 2.40. The first-order valence-corrected chi connectivity index (χ1v) is 12.4. The average molecular weight is 433 g/mol. The zero-order valence-electron chi connectivity index (χ0n) is 19.2. The van der Waals surface area contributed by atoms with Gasteiger partial charge in [0.05, 0.1) is 44.5 Å². The number of piperazine rings is 1. The quantitative estimate of drug-likeness (QED) is 0.751. The van der Waals surface area contributed by atoms with Crippen LogP contribution >= 0.6 is 11.8 Å². The van der Waals surface area contributed by atoms with Crippen molar-refractivity contribution in [3.8, 4) is 0 Å². The molecule has 2 amide bonds. The fraction of sp³-hybridized carbons (Fsp3) is 0.667. The summed E-state index contributed by atoms with van der Waals surface area (Å²) in [7, 11) is 0. The number of carbonyl (C=O) groups is 2. The minimum atomic E-state index is 0.0614. The lowest BCUT2D eigenvalue weighted by Gasteiger charge is -2.33. The van der Waals surface area contributed by atoms with E-state index in [0.29, 0.717) is 6.42 Å². The second-order valence-corrected chi connectivity index (χ2v) is 10.8. The zero-order chi connectivity index (χ0) is 21.9. The second-order valence-electron chi connectivity index (χ2n) is 9.52. The topological polar surface area (TPSA) is 45.1 Å². The number of hydrogen-bond acceptors (Lipinski definition) is 3. The molecule has 0 unspecified atom stereocenters. The maximum absolute atomic E-state index is 13.0. The largest absolute Gasteiger partial charge is 0.331 e. The number of amides is 2. The summed E-state index contributed by atoms with van der Waals surface area (Å²) in [6, 6.07) is 8.84. The van der Waals surface area contributed by atoms with Gasteiger partial charge in [-0.25, -0.2) is 0 Å². The standard InChI is InChI=1S/C24H37N3O2S/c1-6-20-22(29)27(17-14-25-12-15-26(16-13-25)21(28)7-2)23(30-20)18-8-10-19(11-9-18)24(3,4)5/h8-11,20,23H,6-7,12-17H2,1-5H3/p+1/t20-,23+/m1/s1. The number of carbonyl (C=O) groups excluding carboxylic acids is 2. The molecule has 30 heavy (non-hydrogen) atoms. The Morgan fingerprint density at radius 3 is 2.30 bits per heavy atom. The van der Waals surface area contributed by atoms with E-state index in [0.717, 1.165) is 45.7 Å². The third-order valence-electron chi connectivity index (χ3n) is 6.40. The molecule has 3 rings (SSSR count). The summed E-state index contributed by atoms with van der Waals surface area (Å²) in [5.74, 6) is 0.538. The SMILES string of the molecule is CCC(=O)N1CC[NH+](CCN2C(=O)[C@@H](CC)S[C@H]2c2ccc(C(C)(C)C)cc2)CC1. The van der Waals surface area contributed by atoms with E-state index < -0.39 is 0 Å². The molecule has 0 aliphatic carbocycles. The zero-order valence-corrected chi connectivity index (χ0v) is 20.1. The van der Waals surface area contributed by atoms with Crippen molar-refractivity contribution in [3.05, 3.63) is 35.4 Å². The Balaban J connectivity index is 1.64. The van der Waals surface area contributed by atoms with Crippen LogP contribution in [0.25, 0.3) is 0 Å². The molecule has 0 aromatic heterocycles. The lowest BCUT2D eigenvalue weighted by atomic mass is 9.86. The summed E-state index contributed by atoms with van der Waals surface area (Å²) in [4.78, 5) is 30.5. The Morgan fingerprint density at radius 1 is 1.13 bits per heavy atom. The molecule has 0 saturated carbocycles. The molecule has 0 radical (unpaired) electrons. The van der Waals surface area contributed by atoms with Crippen molar-refractivity contribution in [1.82, 2.24) is 9.80 Å². The van der Waals surface area contributed by atoms with Crippen LogP contribution in [0.15, 0.2) is 24.3 Å². The van der Waals surface area contributed by atoms with Crippen molar-refractivity contribution in [2.75, 3.05) is 39.3 Å². The molecule has 1 N–H and O–H groups in total. The summed E-state index contributed by atoms with van der Waals surface area (Å²) >= 11 is 1.80. The number of thioether (sulfide) groups is 1. The third kappa shape index (κ3) is 5.20. The normalized spacial score (nSPS) is 23.3. The predicted molar refractivity (Wildman–Crippen MR) is 124 cm³/mol. The molecule has 0 bridgehead atoms. The molecule has 6 heteroatoms. The summed E-state index contributed by atoms with van der Waals surface area (Å²) in [5.41, 5.74) is 2.68. The van der Waals surface area contributed by atoms with Gasteiger partial charge in [-0.1, -0.05) is 58.9 Å². The molecular weight excluding hydrogens is 394 g/mol. The molecule has 2 saturated heterocycles. The number of quaternary nitrogens is 1. The van der Waals surface area contributed by atoms with Gasteiger partial charge < -0.3 is 14.7 Å². The molecule has 166 valence electrons. The Kier molecular flexibility index (Phi) is 7.51. The number of nitrogens with zero attached hydrogens (tertiary/aromatic N) is 2. The van der Waals surface area contributed by atoms with E-state index in [9.17, 15) is 9.59 Å². The van der Waals surface area contributed by atoms with Gasteiger partial charge in [-0.2, -0.15) is 0 Å². The van der Waals surface area contributed by atoms with E-state index in [4.69, 9.17) is 0 Å². The highest BCUT2D eigenvalue weighted by Crippen LogP contribution is 2.44. The maximum Gasteiger partial charge on any atom is 0.237 e. The molecule has 5 nitrogen and oxygen atoms in total. The highest BCUT2D eigenvalue weighted by atomic mass is 32.2. The van der Waals surface area contributed by atoms with E-state index >= 15 is 0 Å². The van der Waals surface area contributed by atoms with Crippen molar-refractivity contribution in [1.29, 1.82) is 0 Å². The van der Waals surface area contributed by atoms with Gasteiger partial charge in [-0.3, -0.25) is 9.59 Å². The molecule has 2 fully saturated rings. The Bertz CT molecular complexity index is 736. The second kappa shape index (κ2) is 9.73. The molecule has 2 aliphatic heterocycles.